The van der Waals surface area contributed by atoms with E-state index in [2.05, 4.69) is 53.3 Å². The Morgan fingerprint density at radius 1 is 1.00 bits per heavy atom. The fourth-order valence-corrected chi connectivity index (χ4v) is 1.79. The Kier molecular flexibility index (Phi) is 7.79. The first-order valence-corrected chi connectivity index (χ1v) is 7.94. The molecule has 1 rings (SSSR count). The summed E-state index contributed by atoms with van der Waals surface area (Å²) in [6.45, 7) is 12.0. The summed E-state index contributed by atoms with van der Waals surface area (Å²) >= 11 is 0. The van der Waals surface area contributed by atoms with Crippen molar-refractivity contribution >= 4 is 11.9 Å². The predicted molar refractivity (Wildman–Crippen MR) is 86.9 cm³/mol. The molecule has 0 fully saturated rings. The van der Waals surface area contributed by atoms with Crippen LogP contribution in [0.15, 0.2) is 0 Å². The van der Waals surface area contributed by atoms with E-state index in [9.17, 15) is 0 Å². The van der Waals surface area contributed by atoms with Crippen molar-refractivity contribution in [1.82, 2.24) is 15.0 Å². The molecule has 0 aliphatic heterocycles. The van der Waals surface area contributed by atoms with E-state index in [1.165, 1.54) is 6.42 Å². The second-order valence-electron chi connectivity index (χ2n) is 5.66. The third kappa shape index (κ3) is 7.11. The second-order valence-corrected chi connectivity index (χ2v) is 5.66. The molecule has 0 saturated heterocycles. The average Bonchev–Trinajstić information content (AvgIpc) is 2.43. The fraction of sp³-hybridized carbons (Fsp3) is 0.800. The Labute approximate surface area is 128 Å². The number of hydrogen-bond acceptors (Lipinski definition) is 6. The van der Waals surface area contributed by atoms with Crippen LogP contribution >= 0.6 is 0 Å². The van der Waals surface area contributed by atoms with Crippen molar-refractivity contribution in [2.45, 2.75) is 59.9 Å². The zero-order valence-corrected chi connectivity index (χ0v) is 13.9. The normalized spacial score (nSPS) is 12.3. The van der Waals surface area contributed by atoms with Crippen LogP contribution in [0.25, 0.3) is 0 Å². The van der Waals surface area contributed by atoms with Gasteiger partial charge in [-0.25, -0.2) is 0 Å². The molecule has 0 radical (unpaired) electrons. The molecule has 1 aromatic rings. The molecule has 0 amide bonds. The molecule has 1 heterocycles. The second kappa shape index (κ2) is 9.37. The topological polar surface area (TPSA) is 72.0 Å². The molecule has 0 spiro atoms. The average molecular weight is 295 g/mol. The first-order chi connectivity index (χ1) is 10.0. The van der Waals surface area contributed by atoms with Gasteiger partial charge in [0.1, 0.15) is 0 Å². The highest BCUT2D eigenvalue weighted by Gasteiger charge is 2.10. The molecule has 1 unspecified atom stereocenters. The molecule has 0 aromatic carbocycles. The highest BCUT2D eigenvalue weighted by atomic mass is 16.5. The molecule has 1 aromatic heterocycles. The van der Waals surface area contributed by atoms with Gasteiger partial charge in [-0.1, -0.05) is 20.8 Å². The van der Waals surface area contributed by atoms with Crippen molar-refractivity contribution in [1.29, 1.82) is 0 Å². The fourth-order valence-electron chi connectivity index (χ4n) is 1.79. The molecule has 0 aliphatic carbocycles. The largest absolute Gasteiger partial charge is 0.463 e. The van der Waals surface area contributed by atoms with Gasteiger partial charge < -0.3 is 15.4 Å². The lowest BCUT2D eigenvalue weighted by molar-refractivity contribution is 0.292. The van der Waals surface area contributed by atoms with Crippen LogP contribution in [0.1, 0.15) is 53.9 Å². The van der Waals surface area contributed by atoms with Crippen LogP contribution < -0.4 is 15.4 Å². The van der Waals surface area contributed by atoms with Crippen molar-refractivity contribution in [3.63, 3.8) is 0 Å². The minimum absolute atomic E-state index is 0.323. The van der Waals surface area contributed by atoms with Crippen LogP contribution in [-0.2, 0) is 0 Å². The molecule has 120 valence electrons. The summed E-state index contributed by atoms with van der Waals surface area (Å²) in [5.41, 5.74) is 0. The molecule has 0 aliphatic rings. The van der Waals surface area contributed by atoms with Gasteiger partial charge in [0.2, 0.25) is 11.9 Å². The van der Waals surface area contributed by atoms with Gasteiger partial charge in [-0.2, -0.15) is 15.0 Å². The third-order valence-corrected chi connectivity index (χ3v) is 2.94. The van der Waals surface area contributed by atoms with Crippen LogP contribution in [0.5, 0.6) is 6.01 Å². The van der Waals surface area contributed by atoms with Gasteiger partial charge in [-0.15, -0.1) is 0 Å². The van der Waals surface area contributed by atoms with E-state index in [0.717, 1.165) is 19.4 Å². The van der Waals surface area contributed by atoms with E-state index >= 15 is 0 Å². The molecule has 1 atom stereocenters. The van der Waals surface area contributed by atoms with Crippen LogP contribution in [0.2, 0.25) is 0 Å². The highest BCUT2D eigenvalue weighted by Crippen LogP contribution is 2.14. The van der Waals surface area contributed by atoms with Crippen molar-refractivity contribution in [2.24, 2.45) is 5.92 Å². The standard InChI is InChI=1S/C15H29N5O/c1-6-10-21-15-19-13(16-7-2)18-14(20-15)17-12(5)9-8-11(3)4/h11-12H,6-10H2,1-5H3,(H2,16,17,18,19,20). The lowest BCUT2D eigenvalue weighted by Gasteiger charge is -2.16. The molecule has 2 N–H and O–H groups in total. The van der Waals surface area contributed by atoms with Gasteiger partial charge in [0.05, 0.1) is 6.61 Å². The van der Waals surface area contributed by atoms with Gasteiger partial charge >= 0.3 is 6.01 Å². The van der Waals surface area contributed by atoms with Crippen molar-refractivity contribution in [3.05, 3.63) is 0 Å². The Morgan fingerprint density at radius 3 is 2.33 bits per heavy atom. The summed E-state index contributed by atoms with van der Waals surface area (Å²) in [6, 6.07) is 0.699. The van der Waals surface area contributed by atoms with Crippen LogP contribution in [-0.4, -0.2) is 34.1 Å². The minimum atomic E-state index is 0.323. The minimum Gasteiger partial charge on any atom is -0.463 e. The summed E-state index contributed by atoms with van der Waals surface area (Å²) in [7, 11) is 0. The molecule has 6 heteroatoms. The number of anilines is 2. The summed E-state index contributed by atoms with van der Waals surface area (Å²) in [5.74, 6) is 1.83. The zero-order valence-electron chi connectivity index (χ0n) is 13.9. The van der Waals surface area contributed by atoms with Crippen molar-refractivity contribution < 1.29 is 4.74 Å². The molecular formula is C15H29N5O. The van der Waals surface area contributed by atoms with Gasteiger partial charge in [-0.3, -0.25) is 0 Å². The van der Waals surface area contributed by atoms with Crippen LogP contribution in [0.4, 0.5) is 11.9 Å². The van der Waals surface area contributed by atoms with Gasteiger partial charge in [0.25, 0.3) is 0 Å². The van der Waals surface area contributed by atoms with Crippen molar-refractivity contribution in [3.8, 4) is 6.01 Å². The Bertz CT molecular complexity index is 411. The molecular weight excluding hydrogens is 266 g/mol. The molecule has 0 saturated carbocycles. The maximum absolute atomic E-state index is 5.52. The van der Waals surface area contributed by atoms with Gasteiger partial charge in [-0.05, 0) is 39.0 Å². The SMILES string of the molecule is CCCOc1nc(NCC)nc(NC(C)CCC(C)C)n1. The van der Waals surface area contributed by atoms with E-state index in [1.54, 1.807) is 0 Å². The van der Waals surface area contributed by atoms with E-state index in [0.29, 0.717) is 36.5 Å². The number of aromatic nitrogens is 3. The van der Waals surface area contributed by atoms with Crippen LogP contribution in [0.3, 0.4) is 0 Å². The quantitative estimate of drug-likeness (QED) is 0.690. The number of hydrogen-bond donors (Lipinski definition) is 2. The molecule has 6 nitrogen and oxygen atoms in total. The molecule has 0 bridgehead atoms. The van der Waals surface area contributed by atoms with Crippen molar-refractivity contribution in [2.75, 3.05) is 23.8 Å². The summed E-state index contributed by atoms with van der Waals surface area (Å²) in [6.07, 6.45) is 3.19. The summed E-state index contributed by atoms with van der Waals surface area (Å²) in [5, 5.41) is 6.44. The number of ether oxygens (including phenoxy) is 1. The number of nitrogens with zero attached hydrogens (tertiary/aromatic N) is 3. The third-order valence-electron chi connectivity index (χ3n) is 2.94. The lowest BCUT2D eigenvalue weighted by Crippen LogP contribution is -2.19. The predicted octanol–water partition coefficient (Wildman–Crippen LogP) is 3.33. The van der Waals surface area contributed by atoms with Crippen LogP contribution in [0, 0.1) is 5.92 Å². The molecule has 21 heavy (non-hydrogen) atoms. The Hall–Kier alpha value is -1.59. The Balaban J connectivity index is 2.71. The summed E-state index contributed by atoms with van der Waals surface area (Å²) in [4.78, 5) is 12.9. The van der Waals surface area contributed by atoms with E-state index in [4.69, 9.17) is 4.74 Å². The van der Waals surface area contributed by atoms with E-state index in [-0.39, 0.29) is 0 Å². The van der Waals surface area contributed by atoms with Gasteiger partial charge in [0.15, 0.2) is 0 Å². The maximum atomic E-state index is 5.52. The zero-order chi connectivity index (χ0) is 15.7. The first-order valence-electron chi connectivity index (χ1n) is 7.94. The Morgan fingerprint density at radius 2 is 1.71 bits per heavy atom. The van der Waals surface area contributed by atoms with E-state index in [1.807, 2.05) is 6.92 Å². The number of nitrogens with one attached hydrogen (secondary N) is 2. The lowest BCUT2D eigenvalue weighted by atomic mass is 10.0. The summed E-state index contributed by atoms with van der Waals surface area (Å²) < 4.78 is 5.52. The highest BCUT2D eigenvalue weighted by molar-refractivity contribution is 5.36. The van der Waals surface area contributed by atoms with E-state index < -0.39 is 0 Å². The first kappa shape index (κ1) is 17.5. The maximum Gasteiger partial charge on any atom is 0.323 e. The monoisotopic (exact) mass is 295 g/mol. The number of rotatable bonds is 10. The smallest absolute Gasteiger partial charge is 0.323 e. The van der Waals surface area contributed by atoms with Gasteiger partial charge in [0, 0.05) is 12.6 Å².